The van der Waals surface area contributed by atoms with E-state index in [2.05, 4.69) is 40.8 Å². The minimum Gasteiger partial charge on any atom is -0.459 e. The van der Waals surface area contributed by atoms with Gasteiger partial charge in [-0.1, -0.05) is 27.7 Å². The fraction of sp³-hybridized carbons (Fsp3) is 0.926. The van der Waals surface area contributed by atoms with E-state index in [-0.39, 0.29) is 16.4 Å². The quantitative estimate of drug-likeness (QED) is 0.418. The minimum atomic E-state index is -2.04. The van der Waals surface area contributed by atoms with E-state index in [1.807, 2.05) is 0 Å². The molecule has 1 N–H and O–H groups in total. The normalized spacial score (nSPS) is 43.5. The second-order valence-electron chi connectivity index (χ2n) is 13.5. The number of carbonyl (C=O) groups is 2. The molecule has 7 atom stereocenters. The summed E-state index contributed by atoms with van der Waals surface area (Å²) < 4.78 is 12.7. The molecule has 0 bridgehead atoms. The number of rotatable bonds is 4. The molecular formula is C27H46O5Si. The summed E-state index contributed by atoms with van der Waals surface area (Å²) in [5.74, 6) is 1.29. The predicted octanol–water partition coefficient (Wildman–Crippen LogP) is 5.65. The Balaban J connectivity index is 1.74. The van der Waals surface area contributed by atoms with E-state index in [0.29, 0.717) is 43.0 Å². The minimum absolute atomic E-state index is 0.0861. The maximum absolute atomic E-state index is 12.8. The van der Waals surface area contributed by atoms with Gasteiger partial charge in [0, 0.05) is 30.8 Å². The largest absolute Gasteiger partial charge is 0.459 e. The topological polar surface area (TPSA) is 72.8 Å². The fourth-order valence-electron chi connectivity index (χ4n) is 8.02. The number of aliphatic hydroxyl groups is 1. The van der Waals surface area contributed by atoms with Crippen molar-refractivity contribution < 1.29 is 23.9 Å². The average Bonchev–Trinajstić information content (AvgIpc) is 3.01. The van der Waals surface area contributed by atoms with Gasteiger partial charge < -0.3 is 14.3 Å². The van der Waals surface area contributed by atoms with Crippen LogP contribution < -0.4 is 0 Å². The van der Waals surface area contributed by atoms with Crippen LogP contribution in [-0.2, 0) is 18.8 Å². The molecule has 0 aromatic carbocycles. The summed E-state index contributed by atoms with van der Waals surface area (Å²) in [6.45, 7) is 15.5. The molecule has 4 aliphatic rings. The van der Waals surface area contributed by atoms with E-state index < -0.39 is 25.4 Å². The monoisotopic (exact) mass is 478 g/mol. The highest BCUT2D eigenvalue weighted by Gasteiger charge is 2.69. The van der Waals surface area contributed by atoms with Crippen LogP contribution in [0.25, 0.3) is 0 Å². The van der Waals surface area contributed by atoms with Gasteiger partial charge in [0.05, 0.1) is 0 Å². The Kier molecular flexibility index (Phi) is 6.27. The van der Waals surface area contributed by atoms with Gasteiger partial charge in [0.15, 0.2) is 8.32 Å². The van der Waals surface area contributed by atoms with Gasteiger partial charge in [-0.05, 0) is 87.3 Å². The van der Waals surface area contributed by atoms with Gasteiger partial charge in [-0.3, -0.25) is 9.59 Å². The molecule has 4 fully saturated rings. The highest BCUT2D eigenvalue weighted by atomic mass is 28.4. The maximum atomic E-state index is 12.8. The highest BCUT2D eigenvalue weighted by molar-refractivity contribution is 6.74. The van der Waals surface area contributed by atoms with Crippen LogP contribution in [0.1, 0.15) is 92.4 Å². The van der Waals surface area contributed by atoms with Gasteiger partial charge in [0.25, 0.3) is 0 Å². The lowest BCUT2D eigenvalue weighted by atomic mass is 9.43. The number of fused-ring (bicyclic) bond motifs is 5. The van der Waals surface area contributed by atoms with Gasteiger partial charge in [-0.2, -0.15) is 0 Å². The molecule has 4 rings (SSSR count). The molecule has 0 amide bonds. The lowest BCUT2D eigenvalue weighted by Crippen LogP contribution is -2.70. The van der Waals surface area contributed by atoms with E-state index in [9.17, 15) is 14.7 Å². The molecule has 4 aliphatic carbocycles. The molecule has 5 nitrogen and oxygen atoms in total. The van der Waals surface area contributed by atoms with Gasteiger partial charge in [0.1, 0.15) is 17.5 Å². The Morgan fingerprint density at radius 3 is 2.42 bits per heavy atom. The Hall–Kier alpha value is -0.723. The predicted molar refractivity (Wildman–Crippen MR) is 131 cm³/mol. The summed E-state index contributed by atoms with van der Waals surface area (Å²) in [4.78, 5) is 24.8. The lowest BCUT2D eigenvalue weighted by Gasteiger charge is -2.65. The number of hydrogen-bond acceptors (Lipinski definition) is 5. The summed E-state index contributed by atoms with van der Waals surface area (Å²) in [5.41, 5.74) is -1.67. The Morgan fingerprint density at radius 2 is 1.79 bits per heavy atom. The van der Waals surface area contributed by atoms with Gasteiger partial charge >= 0.3 is 5.97 Å². The van der Waals surface area contributed by atoms with Gasteiger partial charge in [-0.25, -0.2) is 0 Å². The first kappa shape index (κ1) is 25.4. The number of carbonyl (C=O) groups excluding carboxylic acids is 2. The van der Waals surface area contributed by atoms with Crippen molar-refractivity contribution in [3.63, 3.8) is 0 Å². The molecule has 0 saturated heterocycles. The molecular weight excluding hydrogens is 432 g/mol. The second kappa shape index (κ2) is 8.16. The first-order chi connectivity index (χ1) is 15.2. The smallest absolute Gasteiger partial charge is 0.303 e. The van der Waals surface area contributed by atoms with Crippen molar-refractivity contribution in [3.8, 4) is 0 Å². The maximum Gasteiger partial charge on any atom is 0.303 e. The van der Waals surface area contributed by atoms with Crippen LogP contribution in [0, 0.1) is 28.6 Å². The molecule has 0 unspecified atom stereocenters. The van der Waals surface area contributed by atoms with E-state index in [0.717, 1.165) is 44.9 Å². The Morgan fingerprint density at radius 1 is 1.09 bits per heavy atom. The van der Waals surface area contributed by atoms with Crippen LogP contribution in [0.4, 0.5) is 0 Å². The zero-order chi connectivity index (χ0) is 24.4. The first-order valence-electron chi connectivity index (χ1n) is 13.2. The number of ether oxygens (including phenoxy) is 1. The van der Waals surface area contributed by atoms with Crippen LogP contribution in [0.3, 0.4) is 0 Å². The van der Waals surface area contributed by atoms with Crippen molar-refractivity contribution >= 4 is 20.1 Å². The van der Waals surface area contributed by atoms with E-state index in [1.54, 1.807) is 0 Å². The van der Waals surface area contributed by atoms with Crippen molar-refractivity contribution in [2.75, 3.05) is 6.61 Å². The molecule has 0 spiro atoms. The van der Waals surface area contributed by atoms with E-state index in [4.69, 9.17) is 9.16 Å². The third-order valence-corrected chi connectivity index (χ3v) is 15.5. The number of Topliss-reactive ketones (excluding diaryl/α,β-unsaturated/α-hetero) is 1. The molecule has 33 heavy (non-hydrogen) atoms. The zero-order valence-corrected chi connectivity index (χ0v) is 23.0. The second-order valence-corrected chi connectivity index (χ2v) is 18.3. The van der Waals surface area contributed by atoms with Crippen LogP contribution >= 0.6 is 0 Å². The van der Waals surface area contributed by atoms with Crippen LogP contribution in [0.5, 0.6) is 0 Å². The van der Waals surface area contributed by atoms with E-state index >= 15 is 0 Å². The van der Waals surface area contributed by atoms with Crippen LogP contribution in [0.15, 0.2) is 0 Å². The average molecular weight is 479 g/mol. The van der Waals surface area contributed by atoms with E-state index in [1.165, 1.54) is 6.92 Å². The number of esters is 1. The Labute approximate surface area is 201 Å². The summed E-state index contributed by atoms with van der Waals surface area (Å²) in [6.07, 6.45) is 7.20. The molecule has 0 radical (unpaired) electrons. The molecule has 0 aromatic heterocycles. The van der Waals surface area contributed by atoms with Crippen LogP contribution in [0.2, 0.25) is 18.1 Å². The van der Waals surface area contributed by atoms with Crippen molar-refractivity contribution in [3.05, 3.63) is 0 Å². The summed E-state index contributed by atoms with van der Waals surface area (Å²) in [5, 5.41) is 12.5. The molecule has 0 aliphatic heterocycles. The molecule has 0 heterocycles. The third kappa shape index (κ3) is 3.77. The van der Waals surface area contributed by atoms with Crippen molar-refractivity contribution in [1.82, 2.24) is 0 Å². The number of ketones is 1. The number of hydrogen-bond donors (Lipinski definition) is 1. The van der Waals surface area contributed by atoms with Crippen LogP contribution in [-0.4, -0.2) is 43.5 Å². The van der Waals surface area contributed by atoms with Crippen molar-refractivity contribution in [2.45, 2.75) is 122 Å². The lowest BCUT2D eigenvalue weighted by molar-refractivity contribution is -0.265. The molecule has 4 saturated carbocycles. The molecule has 188 valence electrons. The third-order valence-electron chi connectivity index (χ3n) is 11.0. The van der Waals surface area contributed by atoms with Gasteiger partial charge in [-0.15, -0.1) is 0 Å². The molecule has 6 heteroatoms. The fourth-order valence-corrected chi connectivity index (χ4v) is 9.07. The summed E-state index contributed by atoms with van der Waals surface area (Å²) >= 11 is 0. The first-order valence-corrected chi connectivity index (χ1v) is 16.2. The molecule has 0 aromatic rings. The van der Waals surface area contributed by atoms with Gasteiger partial charge in [0.2, 0.25) is 0 Å². The summed E-state index contributed by atoms with van der Waals surface area (Å²) in [7, 11) is -2.04. The van der Waals surface area contributed by atoms with Crippen molar-refractivity contribution in [2.24, 2.45) is 28.6 Å². The zero-order valence-electron chi connectivity index (χ0n) is 22.0. The standard InChI is InChI=1S/C27H46O5Si/c1-18(28)32-23-9-8-14-26(17-31-33(6,7)24(2,3)4)21-13-15-25(5)20(10-11-22(25)29)19(21)12-16-27(23,26)30/h19-21,23,30H,8-17H2,1-7H3/t19-,20-,21-,23+,25-,26-,27+/m0/s1. The van der Waals surface area contributed by atoms with Crippen molar-refractivity contribution in [1.29, 1.82) is 0 Å². The highest BCUT2D eigenvalue weighted by Crippen LogP contribution is 2.67. The summed E-state index contributed by atoms with van der Waals surface area (Å²) in [6, 6.07) is 0. The SMILES string of the molecule is CC(=O)O[C@@H]1CCC[C@]2(CO[Si](C)(C)C(C)(C)C)[C@H]3CC[C@]4(C)C(=O)CC[C@H]4[C@@H]3CC[C@@]12O. The Bertz CT molecular complexity index is 803.